The van der Waals surface area contributed by atoms with E-state index in [9.17, 15) is 4.79 Å². The minimum atomic E-state index is 0.0295. The number of furan rings is 1. The summed E-state index contributed by atoms with van der Waals surface area (Å²) in [4.78, 5) is 18.7. The molecule has 1 saturated carbocycles. The molecule has 0 radical (unpaired) electrons. The first-order chi connectivity index (χ1) is 10.8. The van der Waals surface area contributed by atoms with Crippen LogP contribution in [0.3, 0.4) is 0 Å². The molecule has 2 aromatic rings. The van der Waals surface area contributed by atoms with Gasteiger partial charge in [-0.1, -0.05) is 24.4 Å². The number of aromatic nitrogens is 2. The summed E-state index contributed by atoms with van der Waals surface area (Å²) in [6.45, 7) is 0.709. The van der Waals surface area contributed by atoms with E-state index in [0.717, 1.165) is 12.8 Å². The van der Waals surface area contributed by atoms with Crippen LogP contribution in [0.1, 0.15) is 50.3 Å². The topological polar surface area (TPSA) is 72.4 Å². The van der Waals surface area contributed by atoms with Gasteiger partial charge in [0, 0.05) is 24.9 Å². The van der Waals surface area contributed by atoms with Gasteiger partial charge in [0.25, 0.3) is 5.89 Å². The number of likely N-dealkylation sites (tertiary alicyclic amines) is 1. The van der Waals surface area contributed by atoms with Crippen LogP contribution in [0.4, 0.5) is 0 Å². The van der Waals surface area contributed by atoms with E-state index >= 15 is 0 Å². The number of rotatable bonds is 3. The van der Waals surface area contributed by atoms with Gasteiger partial charge in [-0.3, -0.25) is 4.79 Å². The zero-order valence-corrected chi connectivity index (χ0v) is 12.4. The number of hydrogen-bond acceptors (Lipinski definition) is 5. The normalized spacial score (nSPS) is 23.4. The van der Waals surface area contributed by atoms with Crippen molar-refractivity contribution in [3.63, 3.8) is 0 Å². The zero-order valence-electron chi connectivity index (χ0n) is 12.4. The third-order valence-corrected chi connectivity index (χ3v) is 4.71. The molecule has 1 amide bonds. The summed E-state index contributed by atoms with van der Waals surface area (Å²) in [5.74, 6) is 1.80. The highest BCUT2D eigenvalue weighted by Crippen LogP contribution is 2.33. The molecule has 2 aliphatic rings. The van der Waals surface area contributed by atoms with Gasteiger partial charge in [0.15, 0.2) is 11.6 Å². The molecule has 3 heterocycles. The van der Waals surface area contributed by atoms with Crippen LogP contribution < -0.4 is 0 Å². The Morgan fingerprint density at radius 2 is 2.09 bits per heavy atom. The summed E-state index contributed by atoms with van der Waals surface area (Å²) in [6.07, 6.45) is 8.05. The molecule has 22 heavy (non-hydrogen) atoms. The van der Waals surface area contributed by atoms with E-state index in [4.69, 9.17) is 8.94 Å². The van der Waals surface area contributed by atoms with Crippen molar-refractivity contribution < 1.29 is 13.7 Å². The van der Waals surface area contributed by atoms with E-state index in [0.29, 0.717) is 36.5 Å². The van der Waals surface area contributed by atoms with Gasteiger partial charge in [-0.05, 0) is 25.0 Å². The second kappa shape index (κ2) is 5.59. The summed E-state index contributed by atoms with van der Waals surface area (Å²) < 4.78 is 10.5. The highest BCUT2D eigenvalue weighted by molar-refractivity contribution is 5.80. The number of amides is 1. The van der Waals surface area contributed by atoms with E-state index in [-0.39, 0.29) is 11.8 Å². The Morgan fingerprint density at radius 1 is 1.23 bits per heavy atom. The molecular formula is C16H19N3O3. The van der Waals surface area contributed by atoms with E-state index in [1.165, 1.54) is 19.3 Å². The first kappa shape index (κ1) is 13.5. The van der Waals surface area contributed by atoms with Crippen molar-refractivity contribution in [2.24, 2.45) is 0 Å². The van der Waals surface area contributed by atoms with Crippen molar-refractivity contribution >= 4 is 5.91 Å². The molecule has 6 nitrogen and oxygen atoms in total. The summed E-state index contributed by atoms with van der Waals surface area (Å²) in [5, 5.41) is 4.04. The van der Waals surface area contributed by atoms with Crippen LogP contribution in [0, 0.1) is 0 Å². The van der Waals surface area contributed by atoms with Gasteiger partial charge in [-0.25, -0.2) is 0 Å². The minimum Gasteiger partial charge on any atom is -0.459 e. The lowest BCUT2D eigenvalue weighted by atomic mass is 9.94. The molecule has 2 aromatic heterocycles. The fraction of sp³-hybridized carbons (Fsp3) is 0.562. The molecule has 116 valence electrons. The summed E-state index contributed by atoms with van der Waals surface area (Å²) >= 11 is 0. The van der Waals surface area contributed by atoms with Crippen molar-refractivity contribution in [2.45, 2.75) is 50.5 Å². The predicted molar refractivity (Wildman–Crippen MR) is 77.9 cm³/mol. The molecule has 0 spiro atoms. The monoisotopic (exact) mass is 301 g/mol. The highest BCUT2D eigenvalue weighted by atomic mass is 16.5. The van der Waals surface area contributed by atoms with Crippen molar-refractivity contribution in [1.29, 1.82) is 0 Å². The molecule has 0 N–H and O–H groups in total. The van der Waals surface area contributed by atoms with Crippen LogP contribution in [-0.4, -0.2) is 33.5 Å². The SMILES string of the molecule is O=C1CC(c2noc(-c3ccco3)n2)CN1C1CCCCC1. The first-order valence-electron chi connectivity index (χ1n) is 7.98. The van der Waals surface area contributed by atoms with E-state index in [1.54, 1.807) is 18.4 Å². The smallest absolute Gasteiger partial charge is 0.293 e. The van der Waals surface area contributed by atoms with Gasteiger partial charge in [0.05, 0.1) is 6.26 Å². The Labute approximate surface area is 128 Å². The Balaban J connectivity index is 1.48. The number of hydrogen-bond donors (Lipinski definition) is 0. The summed E-state index contributed by atoms with van der Waals surface area (Å²) in [5.41, 5.74) is 0. The summed E-state index contributed by atoms with van der Waals surface area (Å²) in [7, 11) is 0. The second-order valence-corrected chi connectivity index (χ2v) is 6.17. The molecule has 6 heteroatoms. The van der Waals surface area contributed by atoms with Crippen molar-refractivity contribution in [3.05, 3.63) is 24.2 Å². The lowest BCUT2D eigenvalue weighted by Crippen LogP contribution is -2.37. The Bertz CT molecular complexity index is 643. The van der Waals surface area contributed by atoms with Gasteiger partial charge in [-0.2, -0.15) is 4.98 Å². The molecular weight excluding hydrogens is 282 g/mol. The van der Waals surface area contributed by atoms with Gasteiger partial charge in [-0.15, -0.1) is 0 Å². The average Bonchev–Trinajstić information content (AvgIpc) is 3.28. The predicted octanol–water partition coefficient (Wildman–Crippen LogP) is 2.98. The number of carbonyl (C=O) groups excluding carboxylic acids is 1. The molecule has 1 aliphatic heterocycles. The van der Waals surface area contributed by atoms with Crippen LogP contribution in [0.2, 0.25) is 0 Å². The van der Waals surface area contributed by atoms with E-state index in [2.05, 4.69) is 10.1 Å². The maximum atomic E-state index is 12.3. The molecule has 4 rings (SSSR count). The molecule has 1 atom stereocenters. The van der Waals surface area contributed by atoms with Gasteiger partial charge >= 0.3 is 0 Å². The fourth-order valence-corrected chi connectivity index (χ4v) is 3.55. The van der Waals surface area contributed by atoms with Crippen molar-refractivity contribution in [3.8, 4) is 11.7 Å². The molecule has 1 unspecified atom stereocenters. The van der Waals surface area contributed by atoms with Crippen LogP contribution in [0.25, 0.3) is 11.7 Å². The molecule has 2 fully saturated rings. The quantitative estimate of drug-likeness (QED) is 0.871. The van der Waals surface area contributed by atoms with Gasteiger partial charge in [0.1, 0.15) is 0 Å². The summed E-state index contributed by atoms with van der Waals surface area (Å²) in [6, 6.07) is 3.97. The van der Waals surface area contributed by atoms with Crippen LogP contribution in [0.15, 0.2) is 27.3 Å². The first-order valence-corrected chi connectivity index (χ1v) is 7.98. The fourth-order valence-electron chi connectivity index (χ4n) is 3.55. The van der Waals surface area contributed by atoms with Gasteiger partial charge < -0.3 is 13.8 Å². The largest absolute Gasteiger partial charge is 0.459 e. The van der Waals surface area contributed by atoms with E-state index < -0.39 is 0 Å². The van der Waals surface area contributed by atoms with Crippen molar-refractivity contribution in [2.75, 3.05) is 6.54 Å². The average molecular weight is 301 g/mol. The molecule has 0 aromatic carbocycles. The Morgan fingerprint density at radius 3 is 2.86 bits per heavy atom. The molecule has 0 bridgehead atoms. The second-order valence-electron chi connectivity index (χ2n) is 6.17. The maximum absolute atomic E-state index is 12.3. The molecule has 1 aliphatic carbocycles. The van der Waals surface area contributed by atoms with Gasteiger partial charge in [0.2, 0.25) is 5.91 Å². The third-order valence-electron chi connectivity index (χ3n) is 4.71. The standard InChI is InChI=1S/C16H19N3O3/c20-14-9-11(10-19(14)12-5-2-1-3-6-12)15-17-16(22-18-15)13-7-4-8-21-13/h4,7-8,11-12H,1-3,5-6,9-10H2. The van der Waals surface area contributed by atoms with Crippen LogP contribution in [0.5, 0.6) is 0 Å². The number of nitrogens with zero attached hydrogens (tertiary/aromatic N) is 3. The lowest BCUT2D eigenvalue weighted by Gasteiger charge is -2.31. The highest BCUT2D eigenvalue weighted by Gasteiger charge is 2.37. The van der Waals surface area contributed by atoms with Crippen molar-refractivity contribution in [1.82, 2.24) is 15.0 Å². The molecule has 1 saturated heterocycles. The maximum Gasteiger partial charge on any atom is 0.293 e. The third kappa shape index (κ3) is 2.42. The van der Waals surface area contributed by atoms with Crippen LogP contribution >= 0.6 is 0 Å². The lowest BCUT2D eigenvalue weighted by molar-refractivity contribution is -0.130. The van der Waals surface area contributed by atoms with Crippen LogP contribution in [-0.2, 0) is 4.79 Å². The number of carbonyl (C=O) groups is 1. The van der Waals surface area contributed by atoms with E-state index in [1.807, 2.05) is 4.90 Å². The minimum absolute atomic E-state index is 0.0295. The Kier molecular flexibility index (Phi) is 3.44. The zero-order chi connectivity index (χ0) is 14.9. The Hall–Kier alpha value is -2.11.